The van der Waals surface area contributed by atoms with Crippen LogP contribution < -0.4 is 5.32 Å². The van der Waals surface area contributed by atoms with Crippen LogP contribution in [-0.4, -0.2) is 28.3 Å². The average Bonchev–Trinajstić information content (AvgIpc) is 2.91. The van der Waals surface area contributed by atoms with Crippen LogP contribution in [0.25, 0.3) is 0 Å². The summed E-state index contributed by atoms with van der Waals surface area (Å²) in [5.74, 6) is -1.16. The molecule has 2 atom stereocenters. The molecule has 1 saturated carbocycles. The Kier molecular flexibility index (Phi) is 5.46. The van der Waals surface area contributed by atoms with Crippen molar-refractivity contribution < 1.29 is 13.2 Å². The van der Waals surface area contributed by atoms with E-state index in [9.17, 15) is 13.2 Å². The fourth-order valence-electron chi connectivity index (χ4n) is 2.89. The summed E-state index contributed by atoms with van der Waals surface area (Å²) in [5.41, 5.74) is 0. The number of unbranched alkanes of at least 4 members (excludes halogenated alkanes) is 1. The third kappa shape index (κ3) is 4.51. The summed E-state index contributed by atoms with van der Waals surface area (Å²) >= 11 is 0. The minimum atomic E-state index is -4.06. The number of nitrogens with zero attached hydrogens (tertiary/aromatic N) is 2. The van der Waals surface area contributed by atoms with Crippen LogP contribution in [0.15, 0.2) is 18.7 Å². The van der Waals surface area contributed by atoms with Crippen LogP contribution >= 0.6 is 0 Å². The lowest BCUT2D eigenvalue weighted by Crippen LogP contribution is -2.45. The second-order valence-corrected chi connectivity index (χ2v) is 5.50. The Morgan fingerprint density at radius 1 is 1.20 bits per heavy atom. The van der Waals surface area contributed by atoms with Gasteiger partial charge in [0.15, 0.2) is 0 Å². The molecule has 20 heavy (non-hydrogen) atoms. The Labute approximate surface area is 117 Å². The van der Waals surface area contributed by atoms with Crippen LogP contribution in [0.2, 0.25) is 0 Å². The highest BCUT2D eigenvalue weighted by molar-refractivity contribution is 4.85. The first-order valence-corrected chi connectivity index (χ1v) is 7.33. The smallest absolute Gasteiger partial charge is 0.337 e. The number of alkyl halides is 3. The van der Waals surface area contributed by atoms with E-state index in [4.69, 9.17) is 0 Å². The SMILES string of the molecule is FC(F)(F)C1CCCCC1NCCCCn1ccnc1. The minimum Gasteiger partial charge on any atom is -0.337 e. The number of nitrogens with one attached hydrogen (secondary N) is 1. The van der Waals surface area contributed by atoms with Gasteiger partial charge in [-0.25, -0.2) is 4.98 Å². The molecule has 0 bridgehead atoms. The lowest BCUT2D eigenvalue weighted by Gasteiger charge is -2.33. The van der Waals surface area contributed by atoms with Gasteiger partial charge in [-0.1, -0.05) is 12.8 Å². The summed E-state index contributed by atoms with van der Waals surface area (Å²) in [4.78, 5) is 3.95. The summed E-state index contributed by atoms with van der Waals surface area (Å²) in [6.07, 6.45) is 5.68. The zero-order chi connectivity index (χ0) is 14.4. The highest BCUT2D eigenvalue weighted by Gasteiger charge is 2.45. The Balaban J connectivity index is 1.66. The molecule has 0 radical (unpaired) electrons. The number of aromatic nitrogens is 2. The van der Waals surface area contributed by atoms with E-state index in [2.05, 4.69) is 10.3 Å². The van der Waals surface area contributed by atoms with Gasteiger partial charge in [0, 0.05) is 25.0 Å². The van der Waals surface area contributed by atoms with Crippen molar-refractivity contribution in [2.75, 3.05) is 6.54 Å². The van der Waals surface area contributed by atoms with E-state index >= 15 is 0 Å². The van der Waals surface area contributed by atoms with Crippen molar-refractivity contribution in [1.29, 1.82) is 0 Å². The summed E-state index contributed by atoms with van der Waals surface area (Å²) in [6.45, 7) is 1.53. The topological polar surface area (TPSA) is 29.9 Å². The number of halogens is 3. The van der Waals surface area contributed by atoms with Crippen LogP contribution in [-0.2, 0) is 6.54 Å². The quantitative estimate of drug-likeness (QED) is 0.814. The normalized spacial score (nSPS) is 23.9. The molecule has 1 aliphatic carbocycles. The monoisotopic (exact) mass is 289 g/mol. The summed E-state index contributed by atoms with van der Waals surface area (Å²) < 4.78 is 40.7. The lowest BCUT2D eigenvalue weighted by atomic mass is 9.84. The zero-order valence-electron chi connectivity index (χ0n) is 11.6. The third-order valence-electron chi connectivity index (χ3n) is 4.00. The lowest BCUT2D eigenvalue weighted by molar-refractivity contribution is -0.188. The van der Waals surface area contributed by atoms with E-state index < -0.39 is 18.1 Å². The van der Waals surface area contributed by atoms with Crippen LogP contribution in [0.4, 0.5) is 13.2 Å². The van der Waals surface area contributed by atoms with Gasteiger partial charge in [0.05, 0.1) is 12.2 Å². The maximum absolute atomic E-state index is 12.9. The second kappa shape index (κ2) is 7.11. The Morgan fingerprint density at radius 2 is 2.00 bits per heavy atom. The van der Waals surface area contributed by atoms with Gasteiger partial charge in [0.25, 0.3) is 0 Å². The highest BCUT2D eigenvalue weighted by atomic mass is 19.4. The van der Waals surface area contributed by atoms with Crippen LogP contribution in [0.3, 0.4) is 0 Å². The van der Waals surface area contributed by atoms with Crippen molar-refractivity contribution in [3.8, 4) is 0 Å². The van der Waals surface area contributed by atoms with Gasteiger partial charge in [-0.3, -0.25) is 0 Å². The predicted molar refractivity (Wildman–Crippen MR) is 71.3 cm³/mol. The van der Waals surface area contributed by atoms with Gasteiger partial charge < -0.3 is 9.88 Å². The van der Waals surface area contributed by atoms with E-state index in [1.54, 1.807) is 12.5 Å². The van der Waals surface area contributed by atoms with E-state index in [0.29, 0.717) is 19.4 Å². The van der Waals surface area contributed by atoms with Gasteiger partial charge in [-0.2, -0.15) is 13.2 Å². The number of aryl methyl sites for hydroxylation is 1. The van der Waals surface area contributed by atoms with Gasteiger partial charge >= 0.3 is 6.18 Å². The number of rotatable bonds is 6. The number of imidazole rings is 1. The van der Waals surface area contributed by atoms with Crippen LogP contribution in [0, 0.1) is 5.92 Å². The molecule has 1 fully saturated rings. The van der Waals surface area contributed by atoms with Gasteiger partial charge in [0.2, 0.25) is 0 Å². The molecular formula is C14H22F3N3. The molecule has 0 aromatic carbocycles. The predicted octanol–water partition coefficient (Wildman–Crippen LogP) is 3.37. The molecule has 0 saturated heterocycles. The molecule has 6 heteroatoms. The van der Waals surface area contributed by atoms with Crippen LogP contribution in [0.1, 0.15) is 38.5 Å². The zero-order valence-corrected chi connectivity index (χ0v) is 11.6. The number of hydrogen-bond acceptors (Lipinski definition) is 2. The van der Waals surface area contributed by atoms with Gasteiger partial charge in [-0.15, -0.1) is 0 Å². The highest BCUT2D eigenvalue weighted by Crippen LogP contribution is 2.37. The van der Waals surface area contributed by atoms with Gasteiger partial charge in [0.1, 0.15) is 0 Å². The number of hydrogen-bond donors (Lipinski definition) is 1. The van der Waals surface area contributed by atoms with Crippen molar-refractivity contribution in [1.82, 2.24) is 14.9 Å². The van der Waals surface area contributed by atoms with Crippen molar-refractivity contribution >= 4 is 0 Å². The van der Waals surface area contributed by atoms with Crippen molar-refractivity contribution in [3.63, 3.8) is 0 Å². The van der Waals surface area contributed by atoms with Crippen molar-refractivity contribution in [2.24, 2.45) is 5.92 Å². The standard InChI is InChI=1S/C14H22F3N3/c15-14(16,17)12-5-1-2-6-13(12)19-7-3-4-9-20-10-8-18-11-20/h8,10-13,19H,1-7,9H2. The fourth-order valence-corrected chi connectivity index (χ4v) is 2.89. The van der Waals surface area contributed by atoms with Crippen molar-refractivity contribution in [2.45, 2.75) is 57.3 Å². The van der Waals surface area contributed by atoms with Crippen LogP contribution in [0.5, 0.6) is 0 Å². The van der Waals surface area contributed by atoms with Crippen molar-refractivity contribution in [3.05, 3.63) is 18.7 Å². The van der Waals surface area contributed by atoms with E-state index in [0.717, 1.165) is 25.8 Å². The summed E-state index contributed by atoms with van der Waals surface area (Å²) in [6, 6.07) is -0.392. The molecule has 1 heterocycles. The summed E-state index contributed by atoms with van der Waals surface area (Å²) in [7, 11) is 0. The molecule has 0 amide bonds. The molecule has 1 aromatic heterocycles. The third-order valence-corrected chi connectivity index (χ3v) is 4.00. The second-order valence-electron chi connectivity index (χ2n) is 5.50. The average molecular weight is 289 g/mol. The Hall–Kier alpha value is -1.04. The first-order valence-electron chi connectivity index (χ1n) is 7.33. The first kappa shape index (κ1) is 15.4. The molecule has 0 spiro atoms. The maximum Gasteiger partial charge on any atom is 0.393 e. The summed E-state index contributed by atoms with van der Waals surface area (Å²) in [5, 5.41) is 3.11. The van der Waals surface area contributed by atoms with E-state index in [1.807, 2.05) is 10.8 Å². The molecule has 2 rings (SSSR count). The fraction of sp³-hybridized carbons (Fsp3) is 0.786. The molecule has 0 aliphatic heterocycles. The van der Waals surface area contributed by atoms with E-state index in [1.165, 1.54) is 0 Å². The molecule has 114 valence electrons. The molecule has 1 N–H and O–H groups in total. The first-order chi connectivity index (χ1) is 9.57. The minimum absolute atomic E-state index is 0.274. The molecule has 1 aromatic rings. The Morgan fingerprint density at radius 3 is 2.70 bits per heavy atom. The molecule has 1 aliphatic rings. The maximum atomic E-state index is 12.9. The molecule has 3 nitrogen and oxygen atoms in total. The van der Waals surface area contributed by atoms with E-state index in [-0.39, 0.29) is 6.42 Å². The molecular weight excluding hydrogens is 267 g/mol. The molecule has 2 unspecified atom stereocenters. The van der Waals surface area contributed by atoms with Gasteiger partial charge in [-0.05, 0) is 32.2 Å². The largest absolute Gasteiger partial charge is 0.393 e. The Bertz CT molecular complexity index is 376.